The fourth-order valence-corrected chi connectivity index (χ4v) is 4.69. The van der Waals surface area contributed by atoms with Crippen molar-refractivity contribution in [1.29, 1.82) is 0 Å². The summed E-state index contributed by atoms with van der Waals surface area (Å²) in [5, 5.41) is 0. The van der Waals surface area contributed by atoms with Crippen LogP contribution in [0, 0.1) is 19.3 Å². The first-order valence-electron chi connectivity index (χ1n) is 9.68. The summed E-state index contributed by atoms with van der Waals surface area (Å²) in [4.78, 5) is 43.5. The highest BCUT2D eigenvalue weighted by Crippen LogP contribution is 2.43. The molecule has 0 aromatic carbocycles. The van der Waals surface area contributed by atoms with Crippen LogP contribution >= 0.6 is 0 Å². The quantitative estimate of drug-likeness (QED) is 0.880. The van der Waals surface area contributed by atoms with Gasteiger partial charge in [0.15, 0.2) is 0 Å². The Bertz CT molecular complexity index is 775. The highest BCUT2D eigenvalue weighted by molar-refractivity contribution is 5.96. The Balaban J connectivity index is 1.46. The molecule has 1 spiro atoms. The monoisotopic (exact) mass is 357 g/mol. The van der Waals surface area contributed by atoms with Crippen LogP contribution < -0.4 is 5.56 Å². The molecule has 0 bridgehead atoms. The zero-order chi connectivity index (χ0) is 18.5. The molecule has 0 radical (unpaired) electrons. The van der Waals surface area contributed by atoms with Gasteiger partial charge in [-0.1, -0.05) is 0 Å². The maximum atomic E-state index is 13.0. The number of H-pyrrole nitrogens is 1. The van der Waals surface area contributed by atoms with E-state index in [-0.39, 0.29) is 16.9 Å². The predicted molar refractivity (Wildman–Crippen MR) is 98.1 cm³/mol. The van der Waals surface area contributed by atoms with Gasteiger partial charge >= 0.3 is 0 Å². The lowest BCUT2D eigenvalue weighted by atomic mass is 9.72. The summed E-state index contributed by atoms with van der Waals surface area (Å²) in [6.45, 7) is 5.93. The summed E-state index contributed by atoms with van der Waals surface area (Å²) in [7, 11) is 0. The Hall–Kier alpha value is -2.11. The number of carbonyl (C=O) groups is 2. The van der Waals surface area contributed by atoms with E-state index in [9.17, 15) is 14.4 Å². The Morgan fingerprint density at radius 2 is 1.85 bits per heavy atom. The molecule has 1 aromatic heterocycles. The molecule has 2 amide bonds. The van der Waals surface area contributed by atoms with Crippen molar-refractivity contribution in [3.63, 3.8) is 0 Å². The van der Waals surface area contributed by atoms with Crippen molar-refractivity contribution in [3.05, 3.63) is 33.2 Å². The number of aryl methyl sites for hydroxylation is 2. The molecule has 3 heterocycles. The Labute approximate surface area is 153 Å². The Kier molecular flexibility index (Phi) is 4.16. The molecule has 0 unspecified atom stereocenters. The number of nitrogens with one attached hydrogen (secondary N) is 1. The van der Waals surface area contributed by atoms with Crippen LogP contribution in [0.25, 0.3) is 0 Å². The molecule has 3 fully saturated rings. The Morgan fingerprint density at radius 3 is 2.46 bits per heavy atom. The summed E-state index contributed by atoms with van der Waals surface area (Å²) in [6.07, 6.45) is 5.82. The number of pyridine rings is 1. The van der Waals surface area contributed by atoms with Gasteiger partial charge in [-0.2, -0.15) is 0 Å². The lowest BCUT2D eigenvalue weighted by Gasteiger charge is -2.47. The maximum absolute atomic E-state index is 13.0. The standard InChI is InChI=1S/C20H27N3O3/c1-13-11-16(24)21-14(2)18(13)19(26)22-9-7-20(8-10-22)6-5-17(25)23(12-20)15-3-4-15/h11,15H,3-10,12H2,1-2H3,(H,21,24). The molecule has 4 rings (SSSR count). The van der Waals surface area contributed by atoms with Gasteiger partial charge in [0.25, 0.3) is 5.91 Å². The minimum Gasteiger partial charge on any atom is -0.339 e. The molecule has 2 aliphatic heterocycles. The third-order valence-electron chi connectivity index (χ3n) is 6.44. The molecule has 1 aliphatic carbocycles. The molecular weight excluding hydrogens is 330 g/mol. The summed E-state index contributed by atoms with van der Waals surface area (Å²) >= 11 is 0. The van der Waals surface area contributed by atoms with Gasteiger partial charge in [-0.3, -0.25) is 14.4 Å². The first-order valence-corrected chi connectivity index (χ1v) is 9.68. The molecule has 3 aliphatic rings. The second-order valence-electron chi connectivity index (χ2n) is 8.36. The number of aromatic amines is 1. The molecule has 1 aromatic rings. The van der Waals surface area contributed by atoms with Gasteiger partial charge in [-0.15, -0.1) is 0 Å². The lowest BCUT2D eigenvalue weighted by molar-refractivity contribution is -0.139. The molecule has 140 valence electrons. The van der Waals surface area contributed by atoms with Gasteiger partial charge in [0.05, 0.1) is 5.56 Å². The highest BCUT2D eigenvalue weighted by Gasteiger charge is 2.45. The third-order valence-corrected chi connectivity index (χ3v) is 6.44. The van der Waals surface area contributed by atoms with Crippen molar-refractivity contribution < 1.29 is 9.59 Å². The molecule has 0 atom stereocenters. The van der Waals surface area contributed by atoms with Crippen molar-refractivity contribution >= 4 is 11.8 Å². The van der Waals surface area contributed by atoms with Crippen molar-refractivity contribution in [2.24, 2.45) is 5.41 Å². The minimum absolute atomic E-state index is 0.0111. The number of piperidine rings is 2. The predicted octanol–water partition coefficient (Wildman–Crippen LogP) is 2.00. The molecule has 6 nitrogen and oxygen atoms in total. The van der Waals surface area contributed by atoms with E-state index in [1.165, 1.54) is 6.07 Å². The van der Waals surface area contributed by atoms with Crippen molar-refractivity contribution in [2.45, 2.75) is 58.4 Å². The second kappa shape index (κ2) is 6.25. The highest BCUT2D eigenvalue weighted by atomic mass is 16.2. The zero-order valence-corrected chi connectivity index (χ0v) is 15.6. The van der Waals surface area contributed by atoms with Crippen LogP contribution in [0.2, 0.25) is 0 Å². The van der Waals surface area contributed by atoms with Gasteiger partial charge < -0.3 is 14.8 Å². The number of hydrogen-bond donors (Lipinski definition) is 1. The minimum atomic E-state index is -0.166. The summed E-state index contributed by atoms with van der Waals surface area (Å²) in [5.41, 5.74) is 2.02. The van der Waals surface area contributed by atoms with Gasteiger partial charge in [0, 0.05) is 43.9 Å². The van der Waals surface area contributed by atoms with Crippen LogP contribution in [-0.4, -0.2) is 52.3 Å². The van der Waals surface area contributed by atoms with Crippen LogP contribution in [0.1, 0.15) is 60.1 Å². The number of hydrogen-bond acceptors (Lipinski definition) is 3. The van der Waals surface area contributed by atoms with Crippen LogP contribution in [0.4, 0.5) is 0 Å². The van der Waals surface area contributed by atoms with E-state index in [1.54, 1.807) is 6.92 Å². The van der Waals surface area contributed by atoms with Gasteiger partial charge in [0.2, 0.25) is 11.5 Å². The van der Waals surface area contributed by atoms with Crippen molar-refractivity contribution in [3.8, 4) is 0 Å². The lowest BCUT2D eigenvalue weighted by Crippen LogP contribution is -2.53. The van der Waals surface area contributed by atoms with Gasteiger partial charge in [-0.05, 0) is 56.9 Å². The average Bonchev–Trinajstić information content (AvgIpc) is 3.42. The Morgan fingerprint density at radius 1 is 1.15 bits per heavy atom. The second-order valence-corrected chi connectivity index (χ2v) is 8.36. The summed E-state index contributed by atoms with van der Waals surface area (Å²) < 4.78 is 0. The van der Waals surface area contributed by atoms with E-state index in [0.717, 1.165) is 57.3 Å². The molecular formula is C20H27N3O3. The smallest absolute Gasteiger partial charge is 0.255 e. The largest absolute Gasteiger partial charge is 0.339 e. The van der Waals surface area contributed by atoms with Crippen LogP contribution in [0.5, 0.6) is 0 Å². The number of amides is 2. The summed E-state index contributed by atoms with van der Waals surface area (Å²) in [5.74, 6) is 0.327. The first-order chi connectivity index (χ1) is 12.4. The number of likely N-dealkylation sites (tertiary alicyclic amines) is 2. The van der Waals surface area contributed by atoms with E-state index in [0.29, 0.717) is 29.6 Å². The first kappa shape index (κ1) is 17.3. The van der Waals surface area contributed by atoms with E-state index in [2.05, 4.69) is 9.88 Å². The van der Waals surface area contributed by atoms with Crippen LogP contribution in [-0.2, 0) is 4.79 Å². The van der Waals surface area contributed by atoms with Crippen LogP contribution in [0.15, 0.2) is 10.9 Å². The number of nitrogens with zero attached hydrogens (tertiary/aromatic N) is 2. The molecule has 2 saturated heterocycles. The van der Waals surface area contributed by atoms with Crippen molar-refractivity contribution in [2.75, 3.05) is 19.6 Å². The van der Waals surface area contributed by atoms with Crippen LogP contribution in [0.3, 0.4) is 0 Å². The zero-order valence-electron chi connectivity index (χ0n) is 15.6. The van der Waals surface area contributed by atoms with E-state index in [4.69, 9.17) is 0 Å². The average molecular weight is 357 g/mol. The summed E-state index contributed by atoms with van der Waals surface area (Å²) in [6, 6.07) is 1.97. The molecule has 26 heavy (non-hydrogen) atoms. The number of rotatable bonds is 2. The number of aromatic nitrogens is 1. The SMILES string of the molecule is Cc1cc(=O)[nH]c(C)c1C(=O)N1CCC2(CCC(=O)N(C3CC3)C2)CC1. The number of carbonyl (C=O) groups excluding carboxylic acids is 2. The maximum Gasteiger partial charge on any atom is 0.255 e. The third kappa shape index (κ3) is 3.06. The fraction of sp³-hybridized carbons (Fsp3) is 0.650. The van der Waals surface area contributed by atoms with E-state index >= 15 is 0 Å². The topological polar surface area (TPSA) is 73.5 Å². The van der Waals surface area contributed by atoms with E-state index in [1.807, 2.05) is 11.8 Å². The van der Waals surface area contributed by atoms with Gasteiger partial charge in [-0.25, -0.2) is 0 Å². The van der Waals surface area contributed by atoms with E-state index < -0.39 is 0 Å². The molecule has 6 heteroatoms. The van der Waals surface area contributed by atoms with Gasteiger partial charge in [0.1, 0.15) is 0 Å². The molecule has 1 N–H and O–H groups in total. The van der Waals surface area contributed by atoms with Crippen molar-refractivity contribution in [1.82, 2.24) is 14.8 Å². The molecule has 1 saturated carbocycles. The fourth-order valence-electron chi connectivity index (χ4n) is 4.69. The normalized spacial score (nSPS) is 22.8.